The maximum Gasteiger partial charge on any atom is 0.436 e. The summed E-state index contributed by atoms with van der Waals surface area (Å²) in [5, 5.41) is -0.0371. The van der Waals surface area contributed by atoms with Crippen LogP contribution >= 0.6 is 0 Å². The number of rotatable bonds is 3. The number of aryl methyl sites for hydroxylation is 1. The van der Waals surface area contributed by atoms with E-state index in [1.165, 1.54) is 0 Å². The molecule has 12 heteroatoms. The average molecular weight is 443 g/mol. The number of hydrogen-bond acceptors (Lipinski definition) is 5. The molecule has 2 heterocycles. The number of nitrogens with zero attached hydrogens (tertiary/aromatic N) is 3. The fraction of sp³-hybridized carbons (Fsp3) is 0.765. The van der Waals surface area contributed by atoms with Gasteiger partial charge in [-0.2, -0.15) is 18.3 Å². The van der Waals surface area contributed by atoms with E-state index in [0.29, 0.717) is 30.6 Å². The van der Waals surface area contributed by atoms with Crippen LogP contribution in [0.25, 0.3) is 0 Å². The quantitative estimate of drug-likeness (QED) is 0.666. The Morgan fingerprint density at radius 2 is 1.76 bits per heavy atom. The van der Waals surface area contributed by atoms with Crippen molar-refractivity contribution >= 4 is 15.9 Å². The van der Waals surface area contributed by atoms with Crippen molar-refractivity contribution in [2.45, 2.75) is 74.7 Å². The van der Waals surface area contributed by atoms with E-state index in [1.54, 1.807) is 20.8 Å². The number of carbonyl (C=O) groups excluding carboxylic acids is 1. The highest BCUT2D eigenvalue weighted by Gasteiger charge is 2.55. The summed E-state index contributed by atoms with van der Waals surface area (Å²) in [5.41, 5.74) is -2.60. The first-order valence-electron chi connectivity index (χ1n) is 9.02. The van der Waals surface area contributed by atoms with Crippen molar-refractivity contribution in [1.29, 1.82) is 0 Å². The molecule has 2 rings (SSSR count). The lowest BCUT2D eigenvalue weighted by atomic mass is 9.99. The van der Waals surface area contributed by atoms with Gasteiger partial charge in [-0.25, -0.2) is 17.6 Å². The minimum absolute atomic E-state index is 0.0346. The number of alkyl halides is 4. The van der Waals surface area contributed by atoms with Crippen molar-refractivity contribution in [3.63, 3.8) is 0 Å². The van der Waals surface area contributed by atoms with E-state index in [0.717, 1.165) is 11.9 Å². The minimum Gasteiger partial charge on any atom is -0.444 e. The summed E-state index contributed by atoms with van der Waals surface area (Å²) in [6, 6.07) is -1.50. The molecule has 1 aromatic rings. The molecule has 0 aromatic carbocycles. The molecule has 1 fully saturated rings. The number of halogens is 4. The zero-order chi connectivity index (χ0) is 22.4. The summed E-state index contributed by atoms with van der Waals surface area (Å²) in [7, 11) is -4.05. The molecule has 1 aliphatic heterocycles. The van der Waals surface area contributed by atoms with E-state index in [1.807, 2.05) is 0 Å². The van der Waals surface area contributed by atoms with Gasteiger partial charge in [0, 0.05) is 19.8 Å². The van der Waals surface area contributed by atoms with Gasteiger partial charge in [0.25, 0.3) is 0 Å². The predicted octanol–water partition coefficient (Wildman–Crippen LogP) is 3.69. The van der Waals surface area contributed by atoms with Crippen LogP contribution in [0.5, 0.6) is 0 Å². The Balaban J connectivity index is 2.50. The van der Waals surface area contributed by atoms with Gasteiger partial charge in [-0.1, -0.05) is 0 Å². The Morgan fingerprint density at radius 1 is 1.17 bits per heavy atom. The van der Waals surface area contributed by atoms with Crippen LogP contribution in [0.15, 0.2) is 11.1 Å². The second-order valence-corrected chi connectivity index (χ2v) is 10.4. The number of hydrogen-bond donors (Lipinski definition) is 0. The highest BCUT2D eigenvalue weighted by atomic mass is 32.2. The molecule has 0 spiro atoms. The van der Waals surface area contributed by atoms with Gasteiger partial charge in [0.2, 0.25) is 14.8 Å². The van der Waals surface area contributed by atoms with Crippen molar-refractivity contribution in [3.05, 3.63) is 11.9 Å². The van der Waals surface area contributed by atoms with Crippen molar-refractivity contribution in [2.24, 2.45) is 7.05 Å². The molecule has 1 aromatic heterocycles. The number of ether oxygens (including phenoxy) is 1. The summed E-state index contributed by atoms with van der Waals surface area (Å²) in [5.74, 6) is 0. The molecule has 0 saturated carbocycles. The van der Waals surface area contributed by atoms with E-state index < -0.39 is 49.3 Å². The van der Waals surface area contributed by atoms with E-state index >= 15 is 4.39 Å². The maximum absolute atomic E-state index is 15.8. The molecule has 0 aliphatic carbocycles. The minimum atomic E-state index is -5.16. The van der Waals surface area contributed by atoms with Gasteiger partial charge < -0.3 is 9.64 Å². The molecule has 0 N–H and O–H groups in total. The molecular formula is C17H25F4N3O4S. The first kappa shape index (κ1) is 23.4. The topological polar surface area (TPSA) is 81.5 Å². The number of likely N-dealkylation sites (tertiary alicyclic amines) is 1. The third kappa shape index (κ3) is 4.67. The van der Waals surface area contributed by atoms with Crippen LogP contribution in [0.2, 0.25) is 0 Å². The van der Waals surface area contributed by atoms with Crippen LogP contribution in [0.4, 0.5) is 22.4 Å². The summed E-state index contributed by atoms with van der Waals surface area (Å²) in [6.45, 7) is 5.51. The zero-order valence-corrected chi connectivity index (χ0v) is 17.7. The first-order chi connectivity index (χ1) is 13.0. The Bertz CT molecular complexity index is 872. The van der Waals surface area contributed by atoms with Crippen molar-refractivity contribution in [2.75, 3.05) is 6.54 Å². The fourth-order valence-electron chi connectivity index (χ4n) is 3.26. The van der Waals surface area contributed by atoms with Crippen molar-refractivity contribution in [1.82, 2.24) is 14.7 Å². The van der Waals surface area contributed by atoms with E-state index in [4.69, 9.17) is 4.74 Å². The smallest absolute Gasteiger partial charge is 0.436 e. The lowest BCUT2D eigenvalue weighted by Crippen LogP contribution is -2.57. The zero-order valence-electron chi connectivity index (χ0n) is 16.9. The molecule has 1 amide bonds. The molecule has 1 aliphatic rings. The van der Waals surface area contributed by atoms with Crippen molar-refractivity contribution < 1.29 is 35.5 Å². The van der Waals surface area contributed by atoms with Gasteiger partial charge in [0.1, 0.15) is 10.5 Å². The Labute approximate surface area is 166 Å². The fourth-order valence-corrected chi connectivity index (χ4v) is 5.00. The Morgan fingerprint density at radius 3 is 2.28 bits per heavy atom. The van der Waals surface area contributed by atoms with Gasteiger partial charge in [0.05, 0.1) is 6.04 Å². The Hall–Kier alpha value is -1.85. The van der Waals surface area contributed by atoms with Crippen LogP contribution < -0.4 is 0 Å². The van der Waals surface area contributed by atoms with Crippen LogP contribution in [-0.2, 0) is 27.8 Å². The molecular weight excluding hydrogens is 418 g/mol. The number of carbonyl (C=O) groups is 1. The van der Waals surface area contributed by atoms with Gasteiger partial charge in [0.15, 0.2) is 5.69 Å². The van der Waals surface area contributed by atoms with Gasteiger partial charge in [-0.05, 0) is 47.0 Å². The number of amides is 1. The van der Waals surface area contributed by atoms with E-state index in [-0.39, 0.29) is 13.0 Å². The lowest BCUT2D eigenvalue weighted by Gasteiger charge is -2.41. The molecule has 29 heavy (non-hydrogen) atoms. The summed E-state index contributed by atoms with van der Waals surface area (Å²) < 4.78 is 87.5. The molecule has 7 nitrogen and oxygen atoms in total. The number of piperidine rings is 1. The first-order valence-corrected chi connectivity index (χ1v) is 10.5. The average Bonchev–Trinajstić information content (AvgIpc) is 2.96. The maximum atomic E-state index is 15.8. The third-order valence-electron chi connectivity index (χ3n) is 4.60. The monoisotopic (exact) mass is 443 g/mol. The van der Waals surface area contributed by atoms with Crippen molar-refractivity contribution in [3.8, 4) is 0 Å². The molecule has 166 valence electrons. The van der Waals surface area contributed by atoms with E-state index in [9.17, 15) is 26.4 Å². The molecule has 2 atom stereocenters. The molecule has 2 unspecified atom stereocenters. The third-order valence-corrected chi connectivity index (χ3v) is 6.81. The second kappa shape index (κ2) is 7.44. The molecule has 0 bridgehead atoms. The summed E-state index contributed by atoms with van der Waals surface area (Å²) >= 11 is 0. The molecule has 1 saturated heterocycles. The van der Waals surface area contributed by atoms with Gasteiger partial charge >= 0.3 is 12.3 Å². The largest absolute Gasteiger partial charge is 0.444 e. The van der Waals surface area contributed by atoms with Crippen LogP contribution in [0.3, 0.4) is 0 Å². The predicted molar refractivity (Wildman–Crippen MR) is 95.5 cm³/mol. The number of aromatic nitrogens is 2. The van der Waals surface area contributed by atoms with Crippen LogP contribution in [0, 0.1) is 0 Å². The highest BCUT2D eigenvalue weighted by molar-refractivity contribution is 7.92. The van der Waals surface area contributed by atoms with Crippen LogP contribution in [0.1, 0.15) is 52.7 Å². The Kier molecular flexibility index (Phi) is 6.01. The van der Waals surface area contributed by atoms with Gasteiger partial charge in [-0.3, -0.25) is 4.68 Å². The second-order valence-electron chi connectivity index (χ2n) is 8.19. The standard InChI is InChI=1S/C17H25F4N3O4S/c1-15(2,3)28-14(25)24-9-7-6-8-12(24)16(4,18)29(26,27)11-10-23(5)22-13(11)17(19,20)21/h10,12H,6-9H2,1-5H3. The van der Waals surface area contributed by atoms with Crippen LogP contribution in [-0.4, -0.2) is 52.4 Å². The summed E-state index contributed by atoms with van der Waals surface area (Å²) in [6.07, 6.45) is -4.51. The SMILES string of the molecule is Cn1cc(S(=O)(=O)C(C)(F)C2CCCCN2C(=O)OC(C)(C)C)c(C(F)(F)F)n1. The highest BCUT2D eigenvalue weighted by Crippen LogP contribution is 2.41. The van der Waals surface area contributed by atoms with E-state index in [2.05, 4.69) is 5.10 Å². The molecule has 0 radical (unpaired) electrons. The van der Waals surface area contributed by atoms with Gasteiger partial charge in [-0.15, -0.1) is 0 Å². The number of sulfone groups is 1. The summed E-state index contributed by atoms with van der Waals surface area (Å²) in [4.78, 5) is 12.2. The lowest BCUT2D eigenvalue weighted by molar-refractivity contribution is -0.143. The normalized spacial score (nSPS) is 21.0.